The minimum Gasteiger partial charge on any atom is -0.393 e. The standard InChI is InChI=1S/C31H51NO4/c1-30-14-12-24(33)21-23(30)20-22(29-25-10-11-27(34)31(25,2)15-13-26(29)30)8-6-4-3-5-7-9-28(35)32-16-18-36-19-17-32/h22-23,25-27,29,34H,3-21H2,1-2H3/t22?,23?,25-,26+,27?,29-,30-,31-/m0/s1. The molecule has 5 rings (SSSR count). The van der Waals surface area contributed by atoms with Crippen LogP contribution in [0.2, 0.25) is 0 Å². The summed E-state index contributed by atoms with van der Waals surface area (Å²) in [5, 5.41) is 10.9. The van der Waals surface area contributed by atoms with E-state index in [4.69, 9.17) is 4.74 Å². The van der Waals surface area contributed by atoms with Gasteiger partial charge in [-0.05, 0) is 85.4 Å². The summed E-state index contributed by atoms with van der Waals surface area (Å²) in [5.41, 5.74) is 0.442. The van der Waals surface area contributed by atoms with Gasteiger partial charge in [0, 0.05) is 32.4 Å². The van der Waals surface area contributed by atoms with E-state index in [0.717, 1.165) is 69.4 Å². The molecule has 1 heterocycles. The molecule has 0 radical (unpaired) electrons. The van der Waals surface area contributed by atoms with Crippen molar-refractivity contribution in [2.75, 3.05) is 26.3 Å². The molecule has 0 aromatic carbocycles. The molecule has 0 aromatic rings. The average molecular weight is 502 g/mol. The summed E-state index contributed by atoms with van der Waals surface area (Å²) in [6.07, 6.45) is 16.3. The number of aliphatic hydroxyl groups excluding tert-OH is 1. The summed E-state index contributed by atoms with van der Waals surface area (Å²) >= 11 is 0. The molecular formula is C31H51NO4. The number of fused-ring (bicyclic) bond motifs is 5. The van der Waals surface area contributed by atoms with Crippen molar-refractivity contribution in [3.63, 3.8) is 0 Å². The van der Waals surface area contributed by atoms with E-state index in [9.17, 15) is 14.7 Å². The summed E-state index contributed by atoms with van der Waals surface area (Å²) in [7, 11) is 0. The van der Waals surface area contributed by atoms with Crippen molar-refractivity contribution in [2.45, 2.75) is 116 Å². The topological polar surface area (TPSA) is 66.8 Å². The number of hydrogen-bond acceptors (Lipinski definition) is 4. The van der Waals surface area contributed by atoms with E-state index in [1.54, 1.807) is 0 Å². The summed E-state index contributed by atoms with van der Waals surface area (Å²) in [5.74, 6) is 4.24. The van der Waals surface area contributed by atoms with Crippen LogP contribution in [-0.4, -0.2) is 54.1 Å². The first-order valence-corrected chi connectivity index (χ1v) is 15.4. The van der Waals surface area contributed by atoms with Crippen molar-refractivity contribution in [3.8, 4) is 0 Å². The second-order valence-electron chi connectivity index (χ2n) is 13.7. The van der Waals surface area contributed by atoms with Gasteiger partial charge in [-0.15, -0.1) is 0 Å². The van der Waals surface area contributed by atoms with Crippen LogP contribution >= 0.6 is 0 Å². The van der Waals surface area contributed by atoms with E-state index < -0.39 is 0 Å². The molecule has 1 aliphatic heterocycles. The number of nitrogens with zero attached hydrogens (tertiary/aromatic N) is 1. The summed E-state index contributed by atoms with van der Waals surface area (Å²) in [6, 6.07) is 0. The van der Waals surface area contributed by atoms with Gasteiger partial charge in [-0.25, -0.2) is 0 Å². The number of ketones is 1. The minimum atomic E-state index is -0.122. The zero-order chi connectivity index (χ0) is 25.3. The van der Waals surface area contributed by atoms with Gasteiger partial charge in [0.15, 0.2) is 0 Å². The molecule has 0 spiro atoms. The van der Waals surface area contributed by atoms with Crippen molar-refractivity contribution in [1.29, 1.82) is 0 Å². The monoisotopic (exact) mass is 501 g/mol. The number of amides is 1. The zero-order valence-electron chi connectivity index (χ0n) is 23.0. The molecule has 1 amide bonds. The number of carbonyl (C=O) groups is 2. The molecule has 1 saturated heterocycles. The molecule has 8 atom stereocenters. The van der Waals surface area contributed by atoms with E-state index in [-0.39, 0.29) is 11.5 Å². The lowest BCUT2D eigenvalue weighted by Gasteiger charge is -2.62. The first-order valence-electron chi connectivity index (χ1n) is 15.4. The van der Waals surface area contributed by atoms with Crippen molar-refractivity contribution < 1.29 is 19.4 Å². The molecule has 1 N–H and O–H groups in total. The van der Waals surface area contributed by atoms with Gasteiger partial charge in [-0.3, -0.25) is 9.59 Å². The van der Waals surface area contributed by atoms with Crippen LogP contribution in [0.3, 0.4) is 0 Å². The number of unbranched alkanes of at least 4 members (excludes halogenated alkanes) is 4. The lowest BCUT2D eigenvalue weighted by Crippen LogP contribution is -2.57. The summed E-state index contributed by atoms with van der Waals surface area (Å²) < 4.78 is 5.35. The normalized spacial score (nSPS) is 42.5. The van der Waals surface area contributed by atoms with Crippen molar-refractivity contribution in [3.05, 3.63) is 0 Å². The summed E-state index contributed by atoms with van der Waals surface area (Å²) in [6.45, 7) is 7.80. The van der Waals surface area contributed by atoms with Crippen LogP contribution in [0.15, 0.2) is 0 Å². The predicted octanol–water partition coefficient (Wildman–Crippen LogP) is 5.77. The molecule has 4 saturated carbocycles. The second kappa shape index (κ2) is 11.0. The highest BCUT2D eigenvalue weighted by molar-refractivity contribution is 5.79. The van der Waals surface area contributed by atoms with Crippen LogP contribution in [0.4, 0.5) is 0 Å². The van der Waals surface area contributed by atoms with Gasteiger partial charge >= 0.3 is 0 Å². The van der Waals surface area contributed by atoms with Crippen molar-refractivity contribution in [1.82, 2.24) is 4.90 Å². The number of hydrogen-bond donors (Lipinski definition) is 1. The van der Waals surface area contributed by atoms with Crippen LogP contribution in [-0.2, 0) is 14.3 Å². The highest BCUT2D eigenvalue weighted by Crippen LogP contribution is 2.67. The fourth-order valence-electron chi connectivity index (χ4n) is 9.67. The Bertz CT molecular complexity index is 793. The maximum atomic E-state index is 12.4. The molecule has 5 aliphatic rings. The van der Waals surface area contributed by atoms with Gasteiger partial charge in [0.2, 0.25) is 5.91 Å². The fourth-order valence-corrected chi connectivity index (χ4v) is 9.67. The molecule has 0 aromatic heterocycles. The predicted molar refractivity (Wildman–Crippen MR) is 141 cm³/mol. The molecular weight excluding hydrogens is 450 g/mol. The maximum Gasteiger partial charge on any atom is 0.222 e. The van der Waals surface area contributed by atoms with E-state index in [0.29, 0.717) is 48.6 Å². The SMILES string of the molecule is C[C@]12CCC(=O)CC1CC(CCCCCCCC(=O)N1CCOCC1)[C@@H]1[C@H]2CC[C@]2(C)C(O)CC[C@@H]12. The van der Waals surface area contributed by atoms with Crippen molar-refractivity contribution >= 4 is 11.7 Å². The highest BCUT2D eigenvalue weighted by Gasteiger charge is 2.62. The third-order valence-electron chi connectivity index (χ3n) is 11.9. The van der Waals surface area contributed by atoms with E-state index in [2.05, 4.69) is 13.8 Å². The van der Waals surface area contributed by atoms with Crippen molar-refractivity contribution in [2.24, 2.45) is 40.4 Å². The first-order chi connectivity index (χ1) is 17.3. The number of carbonyl (C=O) groups excluding carboxylic acids is 2. The maximum absolute atomic E-state index is 12.4. The molecule has 4 aliphatic carbocycles. The van der Waals surface area contributed by atoms with E-state index in [1.165, 1.54) is 51.4 Å². The molecule has 0 bridgehead atoms. The average Bonchev–Trinajstić information content (AvgIpc) is 3.18. The fraction of sp³-hybridized carbons (Fsp3) is 0.935. The highest BCUT2D eigenvalue weighted by atomic mass is 16.5. The lowest BCUT2D eigenvalue weighted by atomic mass is 9.42. The molecule has 5 nitrogen and oxygen atoms in total. The Morgan fingerprint density at radius 2 is 1.69 bits per heavy atom. The Morgan fingerprint density at radius 3 is 2.50 bits per heavy atom. The summed E-state index contributed by atoms with van der Waals surface area (Å²) in [4.78, 5) is 26.8. The Balaban J connectivity index is 1.14. The third kappa shape index (κ3) is 5.05. The molecule has 36 heavy (non-hydrogen) atoms. The Labute approximate surface area is 219 Å². The minimum absolute atomic E-state index is 0.111. The van der Waals surface area contributed by atoms with Gasteiger partial charge in [0.25, 0.3) is 0 Å². The number of rotatable bonds is 8. The first kappa shape index (κ1) is 26.7. The lowest BCUT2D eigenvalue weighted by molar-refractivity contribution is -0.156. The second-order valence-corrected chi connectivity index (χ2v) is 13.7. The number of Topliss-reactive ketones (excluding diaryl/α,β-unsaturated/α-hetero) is 1. The molecule has 204 valence electrons. The smallest absolute Gasteiger partial charge is 0.222 e. The number of ether oxygens (including phenoxy) is 1. The van der Waals surface area contributed by atoms with Gasteiger partial charge in [-0.2, -0.15) is 0 Å². The van der Waals surface area contributed by atoms with Gasteiger partial charge < -0.3 is 14.7 Å². The van der Waals surface area contributed by atoms with E-state index >= 15 is 0 Å². The van der Waals surface area contributed by atoms with E-state index in [1.807, 2.05) is 4.90 Å². The number of morpholine rings is 1. The van der Waals surface area contributed by atoms with Crippen LogP contribution in [0.1, 0.15) is 110 Å². The van der Waals surface area contributed by atoms with Crippen LogP contribution in [0.25, 0.3) is 0 Å². The number of aliphatic hydroxyl groups is 1. The molecule has 3 unspecified atom stereocenters. The Morgan fingerprint density at radius 1 is 0.972 bits per heavy atom. The van der Waals surface area contributed by atoms with Crippen LogP contribution in [0, 0.1) is 40.4 Å². The van der Waals surface area contributed by atoms with Crippen LogP contribution < -0.4 is 0 Å². The molecule has 5 fully saturated rings. The van der Waals surface area contributed by atoms with Crippen LogP contribution in [0.5, 0.6) is 0 Å². The zero-order valence-corrected chi connectivity index (χ0v) is 23.0. The Hall–Kier alpha value is -0.940. The van der Waals surface area contributed by atoms with Gasteiger partial charge in [0.1, 0.15) is 5.78 Å². The third-order valence-corrected chi connectivity index (χ3v) is 11.9. The Kier molecular flexibility index (Phi) is 8.18. The van der Waals surface area contributed by atoms with Gasteiger partial charge in [0.05, 0.1) is 19.3 Å². The molecule has 5 heteroatoms. The largest absolute Gasteiger partial charge is 0.393 e. The van der Waals surface area contributed by atoms with Gasteiger partial charge in [-0.1, -0.05) is 46.0 Å². The quantitative estimate of drug-likeness (QED) is 0.429.